The number of fused-ring (bicyclic) bond motifs is 1. The number of nitrogens with zero attached hydrogens (tertiary/aromatic N) is 7. The molecule has 0 saturated carbocycles. The summed E-state index contributed by atoms with van der Waals surface area (Å²) in [7, 11) is 4.25. The van der Waals surface area contributed by atoms with Gasteiger partial charge in [-0.2, -0.15) is 10.1 Å². The molecule has 194 valence electrons. The number of benzene rings is 1. The number of hydrogen-bond acceptors (Lipinski definition) is 8. The molecule has 5 rings (SSSR count). The molecule has 1 aliphatic rings. The number of methoxy groups -OCH3 is 2. The van der Waals surface area contributed by atoms with Crippen molar-refractivity contribution in [1.29, 1.82) is 0 Å². The Hall–Kier alpha value is -4.00. The van der Waals surface area contributed by atoms with E-state index in [0.29, 0.717) is 18.8 Å². The van der Waals surface area contributed by atoms with Gasteiger partial charge in [-0.25, -0.2) is 18.6 Å². The van der Waals surface area contributed by atoms with Crippen LogP contribution in [0.4, 0.5) is 14.6 Å². The molecule has 0 bridgehead atoms. The molecule has 1 aliphatic heterocycles. The molecule has 0 unspecified atom stereocenters. The highest BCUT2D eigenvalue weighted by molar-refractivity contribution is 6.31. The first kappa shape index (κ1) is 24.7. The van der Waals surface area contributed by atoms with Gasteiger partial charge in [0.05, 0.1) is 43.5 Å². The number of hydrogen-bond donors (Lipinski definition) is 0. The molecule has 1 aromatic carbocycles. The molecule has 0 aliphatic carbocycles. The summed E-state index contributed by atoms with van der Waals surface area (Å²) in [6.07, 6.45) is 0.718. The SMILES string of the molecule is COc1cc(-n2c(=O)n(Cc3ncn(C)n3)c(=O)c3c(OC)nc(N4CC[C@@H](F)C4)cc32)cc(Cl)c1F. The van der Waals surface area contributed by atoms with E-state index in [1.807, 2.05) is 0 Å². The molecular weight excluding hydrogens is 512 g/mol. The summed E-state index contributed by atoms with van der Waals surface area (Å²) in [5.74, 6) is -0.523. The molecule has 4 aromatic rings. The highest BCUT2D eigenvalue weighted by Gasteiger charge is 2.27. The Morgan fingerprint density at radius 2 is 1.97 bits per heavy atom. The molecule has 1 atom stereocenters. The van der Waals surface area contributed by atoms with Gasteiger partial charge in [-0.3, -0.25) is 18.6 Å². The van der Waals surface area contributed by atoms with E-state index in [9.17, 15) is 18.4 Å². The summed E-state index contributed by atoms with van der Waals surface area (Å²) in [5.41, 5.74) is -1.21. The average molecular weight is 534 g/mol. The molecule has 3 aromatic heterocycles. The van der Waals surface area contributed by atoms with E-state index >= 15 is 0 Å². The third-order valence-corrected chi connectivity index (χ3v) is 6.40. The van der Waals surface area contributed by atoms with Crippen LogP contribution in [0.15, 0.2) is 34.1 Å². The van der Waals surface area contributed by atoms with Crippen LogP contribution in [-0.4, -0.2) is 62.4 Å². The Labute approximate surface area is 213 Å². The van der Waals surface area contributed by atoms with Crippen LogP contribution in [0.3, 0.4) is 0 Å². The Bertz CT molecular complexity index is 1630. The van der Waals surface area contributed by atoms with Gasteiger partial charge in [0, 0.05) is 25.7 Å². The standard InChI is InChI=1S/C23H22ClF2N7O4/c1-30-11-27-17(29-30)10-32-22(34)19-15(8-18(28-21(19)37-3)31-5-4-12(25)9-31)33(23(32)35)13-6-14(24)20(26)16(7-13)36-2/h6-8,11-12H,4-5,9-10H2,1-3H3/t12-/m1/s1. The maximum absolute atomic E-state index is 14.5. The zero-order chi connectivity index (χ0) is 26.4. The normalized spacial score (nSPS) is 15.5. The van der Waals surface area contributed by atoms with Crippen LogP contribution >= 0.6 is 11.6 Å². The highest BCUT2D eigenvalue weighted by Crippen LogP contribution is 2.32. The van der Waals surface area contributed by atoms with Crippen molar-refractivity contribution in [2.24, 2.45) is 7.05 Å². The molecule has 1 fully saturated rings. The van der Waals surface area contributed by atoms with Gasteiger partial charge < -0.3 is 14.4 Å². The van der Waals surface area contributed by atoms with Crippen molar-refractivity contribution in [2.75, 3.05) is 32.2 Å². The number of ether oxygens (including phenoxy) is 2. The number of alkyl halides is 1. The van der Waals surface area contributed by atoms with E-state index in [4.69, 9.17) is 21.1 Å². The molecule has 0 amide bonds. The maximum Gasteiger partial charge on any atom is 0.336 e. The van der Waals surface area contributed by atoms with Gasteiger partial charge in [0.25, 0.3) is 5.56 Å². The fourth-order valence-electron chi connectivity index (χ4n) is 4.37. The Balaban J connectivity index is 1.86. The zero-order valence-corrected chi connectivity index (χ0v) is 20.9. The van der Waals surface area contributed by atoms with Crippen molar-refractivity contribution >= 4 is 28.3 Å². The van der Waals surface area contributed by atoms with E-state index in [0.717, 1.165) is 4.57 Å². The lowest BCUT2D eigenvalue weighted by molar-refractivity contribution is 0.364. The van der Waals surface area contributed by atoms with Gasteiger partial charge in [-0.1, -0.05) is 11.6 Å². The van der Waals surface area contributed by atoms with E-state index in [2.05, 4.69) is 15.1 Å². The summed E-state index contributed by atoms with van der Waals surface area (Å²) < 4.78 is 42.6. The van der Waals surface area contributed by atoms with Gasteiger partial charge >= 0.3 is 5.69 Å². The number of pyridine rings is 1. The van der Waals surface area contributed by atoms with Crippen molar-refractivity contribution in [2.45, 2.75) is 19.1 Å². The minimum Gasteiger partial charge on any atom is -0.494 e. The fraction of sp³-hybridized carbons (Fsp3) is 0.348. The maximum atomic E-state index is 14.5. The Morgan fingerprint density at radius 1 is 1.19 bits per heavy atom. The first-order valence-corrected chi connectivity index (χ1v) is 11.6. The summed E-state index contributed by atoms with van der Waals surface area (Å²) in [4.78, 5) is 37.7. The third-order valence-electron chi connectivity index (χ3n) is 6.13. The smallest absolute Gasteiger partial charge is 0.336 e. The number of aromatic nitrogens is 6. The van der Waals surface area contributed by atoms with Crippen molar-refractivity contribution in [1.82, 2.24) is 28.9 Å². The molecule has 1 saturated heterocycles. The second kappa shape index (κ2) is 9.47. The lowest BCUT2D eigenvalue weighted by Gasteiger charge is -2.20. The lowest BCUT2D eigenvalue weighted by Crippen LogP contribution is -2.40. The number of halogens is 3. The zero-order valence-electron chi connectivity index (χ0n) is 20.1. The van der Waals surface area contributed by atoms with Crippen molar-refractivity contribution in [3.63, 3.8) is 0 Å². The van der Waals surface area contributed by atoms with Crippen molar-refractivity contribution in [3.05, 3.63) is 62.0 Å². The fourth-order valence-corrected chi connectivity index (χ4v) is 4.57. The topological polar surface area (TPSA) is 109 Å². The Kier molecular flexibility index (Phi) is 6.31. The average Bonchev–Trinajstić information content (AvgIpc) is 3.50. The van der Waals surface area contributed by atoms with E-state index in [1.165, 1.54) is 48.0 Å². The van der Waals surface area contributed by atoms with Crippen molar-refractivity contribution in [3.8, 4) is 17.3 Å². The molecular formula is C23H22ClF2N7O4. The molecule has 0 spiro atoms. The van der Waals surface area contributed by atoms with Crippen LogP contribution in [-0.2, 0) is 13.6 Å². The summed E-state index contributed by atoms with van der Waals surface area (Å²) in [5, 5.41) is 3.85. The van der Waals surface area contributed by atoms with Gasteiger partial charge in [-0.15, -0.1) is 0 Å². The summed E-state index contributed by atoms with van der Waals surface area (Å²) in [6, 6.07) is 4.04. The van der Waals surface area contributed by atoms with Crippen LogP contribution in [0.2, 0.25) is 5.02 Å². The molecule has 0 radical (unpaired) electrons. The lowest BCUT2D eigenvalue weighted by atomic mass is 10.2. The van der Waals surface area contributed by atoms with Gasteiger partial charge in [-0.05, 0) is 12.5 Å². The monoisotopic (exact) mass is 533 g/mol. The minimum absolute atomic E-state index is 0.0165. The van der Waals surface area contributed by atoms with Crippen LogP contribution in [0, 0.1) is 5.82 Å². The van der Waals surface area contributed by atoms with E-state index in [-0.39, 0.29) is 52.2 Å². The van der Waals surface area contributed by atoms with E-state index < -0.39 is 23.2 Å². The molecule has 37 heavy (non-hydrogen) atoms. The summed E-state index contributed by atoms with van der Waals surface area (Å²) in [6.45, 7) is 0.247. The second-order valence-electron chi connectivity index (χ2n) is 8.50. The second-order valence-corrected chi connectivity index (χ2v) is 8.91. The first-order valence-electron chi connectivity index (χ1n) is 11.2. The van der Waals surface area contributed by atoms with Crippen LogP contribution < -0.4 is 25.6 Å². The van der Waals surface area contributed by atoms with E-state index in [1.54, 1.807) is 11.9 Å². The molecule has 0 N–H and O–H groups in total. The van der Waals surface area contributed by atoms with Gasteiger partial charge in [0.15, 0.2) is 17.4 Å². The summed E-state index contributed by atoms with van der Waals surface area (Å²) >= 11 is 6.12. The molecule has 4 heterocycles. The van der Waals surface area contributed by atoms with Gasteiger partial charge in [0.1, 0.15) is 23.7 Å². The van der Waals surface area contributed by atoms with Crippen LogP contribution in [0.5, 0.6) is 11.6 Å². The van der Waals surface area contributed by atoms with Crippen LogP contribution in [0.1, 0.15) is 12.2 Å². The number of anilines is 1. The van der Waals surface area contributed by atoms with Crippen molar-refractivity contribution < 1.29 is 18.3 Å². The largest absolute Gasteiger partial charge is 0.494 e. The van der Waals surface area contributed by atoms with Crippen LogP contribution in [0.25, 0.3) is 16.6 Å². The predicted octanol–water partition coefficient (Wildman–Crippen LogP) is 2.08. The first-order chi connectivity index (χ1) is 17.7. The molecule has 11 nitrogen and oxygen atoms in total. The highest BCUT2D eigenvalue weighted by atomic mass is 35.5. The molecule has 14 heteroatoms. The van der Waals surface area contributed by atoms with Gasteiger partial charge in [0.2, 0.25) is 5.88 Å². The quantitative estimate of drug-likeness (QED) is 0.371. The number of rotatable bonds is 6. The predicted molar refractivity (Wildman–Crippen MR) is 132 cm³/mol. The number of aryl methyl sites for hydroxylation is 1. The minimum atomic E-state index is -1.04. The third kappa shape index (κ3) is 4.28. The Morgan fingerprint density at radius 3 is 2.59 bits per heavy atom.